The first-order chi connectivity index (χ1) is 10.5. The van der Waals surface area contributed by atoms with E-state index < -0.39 is 8.07 Å². The molecule has 0 aliphatic heterocycles. The highest BCUT2D eigenvalue weighted by atomic mass is 28.3. The normalized spacial score (nSPS) is 10.9. The number of hydrogen-bond acceptors (Lipinski definition) is 2. The summed E-state index contributed by atoms with van der Waals surface area (Å²) in [6.45, 7) is 6.77. The number of ether oxygens (including phenoxy) is 1. The van der Waals surface area contributed by atoms with Crippen LogP contribution in [0.15, 0.2) is 24.3 Å². The molecule has 0 amide bonds. The maximum absolute atomic E-state index is 10.9. The van der Waals surface area contributed by atoms with Crippen molar-refractivity contribution in [2.45, 2.75) is 58.2 Å². The Morgan fingerprint density at radius 1 is 1.09 bits per heavy atom. The summed E-state index contributed by atoms with van der Waals surface area (Å²) in [5.74, 6) is 9.15. The summed E-state index contributed by atoms with van der Waals surface area (Å²) in [5, 5.41) is 0. The maximum Gasteiger partial charge on any atom is 0.305 e. The van der Waals surface area contributed by atoms with Crippen LogP contribution in [0.2, 0.25) is 19.6 Å². The van der Waals surface area contributed by atoms with E-state index in [4.69, 9.17) is 0 Å². The molecule has 3 heteroatoms. The molecule has 0 heterocycles. The Kier molecular flexibility index (Phi) is 12.0. The van der Waals surface area contributed by atoms with Crippen molar-refractivity contribution in [1.82, 2.24) is 0 Å². The molecule has 0 atom stereocenters. The highest BCUT2D eigenvalue weighted by Crippen LogP contribution is 2.00. The predicted molar refractivity (Wildman–Crippen MR) is 96.9 cm³/mol. The molecule has 0 saturated heterocycles. The Morgan fingerprint density at radius 2 is 1.86 bits per heavy atom. The second kappa shape index (κ2) is 13.0. The molecule has 0 saturated carbocycles. The second-order valence-corrected chi connectivity index (χ2v) is 10.7. The van der Waals surface area contributed by atoms with Gasteiger partial charge in [0.2, 0.25) is 0 Å². The van der Waals surface area contributed by atoms with Crippen LogP contribution in [0.4, 0.5) is 0 Å². The van der Waals surface area contributed by atoms with E-state index in [0.29, 0.717) is 6.42 Å². The third-order valence-electron chi connectivity index (χ3n) is 2.59. The molecule has 2 nitrogen and oxygen atoms in total. The fourth-order valence-corrected chi connectivity index (χ4v) is 2.13. The van der Waals surface area contributed by atoms with Crippen LogP contribution in [-0.2, 0) is 9.53 Å². The van der Waals surface area contributed by atoms with E-state index in [2.05, 4.69) is 53.8 Å². The van der Waals surface area contributed by atoms with Crippen molar-refractivity contribution in [3.8, 4) is 23.3 Å². The number of carbonyl (C=O) groups excluding carboxylic acids is 1. The summed E-state index contributed by atoms with van der Waals surface area (Å²) in [6.07, 6.45) is 12.9. The highest BCUT2D eigenvalue weighted by Gasteiger charge is 2.06. The molecular formula is C19H28O2Si. The predicted octanol–water partition coefficient (Wildman–Crippen LogP) is 4.50. The van der Waals surface area contributed by atoms with Gasteiger partial charge in [-0.1, -0.05) is 49.7 Å². The van der Waals surface area contributed by atoms with Gasteiger partial charge in [0, 0.05) is 19.3 Å². The van der Waals surface area contributed by atoms with Crippen LogP contribution < -0.4 is 0 Å². The smallest absolute Gasteiger partial charge is 0.305 e. The maximum atomic E-state index is 10.9. The number of esters is 1. The summed E-state index contributed by atoms with van der Waals surface area (Å²) < 4.78 is 4.57. The molecule has 0 aromatic heterocycles. The quantitative estimate of drug-likeness (QED) is 0.227. The summed E-state index contributed by atoms with van der Waals surface area (Å²) in [5.41, 5.74) is 3.35. The molecule has 0 aromatic carbocycles. The Bertz CT molecular complexity index is 487. The third-order valence-corrected chi connectivity index (χ3v) is 3.52. The SMILES string of the molecule is COC(=O)CCCCC#CC=CC=CCCC#C[Si](C)(C)C. The van der Waals surface area contributed by atoms with Crippen LogP contribution in [0.25, 0.3) is 0 Å². The first-order valence-corrected chi connectivity index (χ1v) is 11.3. The zero-order chi connectivity index (χ0) is 16.7. The number of allylic oxidation sites excluding steroid dienone is 4. The second-order valence-electron chi connectivity index (χ2n) is 5.98. The average molecular weight is 317 g/mol. The molecule has 0 fully saturated rings. The van der Waals surface area contributed by atoms with E-state index in [1.54, 1.807) is 0 Å². The van der Waals surface area contributed by atoms with Crippen molar-refractivity contribution in [1.29, 1.82) is 0 Å². The van der Waals surface area contributed by atoms with Gasteiger partial charge in [-0.15, -0.1) is 11.5 Å². The molecule has 0 bridgehead atoms. The minimum atomic E-state index is -1.21. The zero-order valence-electron chi connectivity index (χ0n) is 14.4. The Hall–Kier alpha value is -1.71. The van der Waals surface area contributed by atoms with Gasteiger partial charge >= 0.3 is 5.97 Å². The van der Waals surface area contributed by atoms with Crippen LogP contribution in [0, 0.1) is 23.3 Å². The molecule has 0 aliphatic carbocycles. The lowest BCUT2D eigenvalue weighted by atomic mass is 10.2. The van der Waals surface area contributed by atoms with Crippen LogP contribution in [0.1, 0.15) is 38.5 Å². The zero-order valence-corrected chi connectivity index (χ0v) is 15.4. The van der Waals surface area contributed by atoms with Gasteiger partial charge in [-0.2, -0.15) is 0 Å². The van der Waals surface area contributed by atoms with Crippen molar-refractivity contribution in [3.63, 3.8) is 0 Å². The van der Waals surface area contributed by atoms with Gasteiger partial charge in [0.25, 0.3) is 0 Å². The van der Waals surface area contributed by atoms with Gasteiger partial charge in [0.15, 0.2) is 0 Å². The minimum Gasteiger partial charge on any atom is -0.469 e. The number of unbranched alkanes of at least 4 members (excludes halogenated alkanes) is 3. The van der Waals surface area contributed by atoms with Crippen LogP contribution in [-0.4, -0.2) is 21.2 Å². The Balaban J connectivity index is 3.65. The fraction of sp³-hybridized carbons (Fsp3) is 0.526. The fourth-order valence-electron chi connectivity index (χ4n) is 1.48. The summed E-state index contributed by atoms with van der Waals surface area (Å²) in [4.78, 5) is 10.9. The molecule has 0 spiro atoms. The molecule has 120 valence electrons. The molecule has 0 radical (unpaired) electrons. The van der Waals surface area contributed by atoms with Crippen molar-refractivity contribution < 1.29 is 9.53 Å². The lowest BCUT2D eigenvalue weighted by Crippen LogP contribution is -2.16. The van der Waals surface area contributed by atoms with Gasteiger partial charge in [-0.05, 0) is 25.3 Å². The summed E-state index contributed by atoms with van der Waals surface area (Å²) >= 11 is 0. The van der Waals surface area contributed by atoms with Gasteiger partial charge in [-0.25, -0.2) is 0 Å². The number of carbonyl (C=O) groups is 1. The van der Waals surface area contributed by atoms with Crippen molar-refractivity contribution in [2.24, 2.45) is 0 Å². The Morgan fingerprint density at radius 3 is 2.55 bits per heavy atom. The molecule has 22 heavy (non-hydrogen) atoms. The molecule has 0 rings (SSSR count). The topological polar surface area (TPSA) is 26.3 Å². The van der Waals surface area contributed by atoms with E-state index in [9.17, 15) is 4.79 Å². The molecular weight excluding hydrogens is 288 g/mol. The van der Waals surface area contributed by atoms with Gasteiger partial charge in [-0.3, -0.25) is 4.79 Å². The minimum absolute atomic E-state index is 0.146. The average Bonchev–Trinajstić information content (AvgIpc) is 2.46. The van der Waals surface area contributed by atoms with E-state index in [0.717, 1.165) is 32.1 Å². The standard InChI is InChI=1S/C19H28O2Si/c1-21-19(20)17-15-13-11-9-7-5-6-8-10-12-14-16-18-22(2,3)4/h5-6,8,10H,11-15,17H2,1-4H3. The number of rotatable bonds is 7. The lowest BCUT2D eigenvalue weighted by molar-refractivity contribution is -0.140. The van der Waals surface area contributed by atoms with Gasteiger partial charge in [0.1, 0.15) is 8.07 Å². The van der Waals surface area contributed by atoms with E-state index in [1.165, 1.54) is 7.11 Å². The molecule has 0 unspecified atom stereocenters. The molecule has 0 aromatic rings. The van der Waals surface area contributed by atoms with Crippen molar-refractivity contribution in [2.75, 3.05) is 7.11 Å². The summed E-state index contributed by atoms with van der Waals surface area (Å²) in [6, 6.07) is 0. The van der Waals surface area contributed by atoms with Gasteiger partial charge in [0.05, 0.1) is 7.11 Å². The van der Waals surface area contributed by atoms with Crippen LogP contribution in [0.3, 0.4) is 0 Å². The largest absolute Gasteiger partial charge is 0.469 e. The van der Waals surface area contributed by atoms with Crippen LogP contribution >= 0.6 is 0 Å². The van der Waals surface area contributed by atoms with Crippen molar-refractivity contribution >= 4 is 14.0 Å². The van der Waals surface area contributed by atoms with E-state index in [-0.39, 0.29) is 5.97 Å². The van der Waals surface area contributed by atoms with Crippen LogP contribution in [0.5, 0.6) is 0 Å². The number of methoxy groups -OCH3 is 1. The van der Waals surface area contributed by atoms with Crippen molar-refractivity contribution in [3.05, 3.63) is 24.3 Å². The highest BCUT2D eigenvalue weighted by molar-refractivity contribution is 6.83. The first kappa shape index (κ1) is 20.3. The van der Waals surface area contributed by atoms with E-state index >= 15 is 0 Å². The van der Waals surface area contributed by atoms with Gasteiger partial charge < -0.3 is 4.74 Å². The lowest BCUT2D eigenvalue weighted by Gasteiger charge is -2.02. The monoisotopic (exact) mass is 316 g/mol. The first-order valence-electron chi connectivity index (χ1n) is 7.82. The molecule has 0 aliphatic rings. The number of hydrogen-bond donors (Lipinski definition) is 0. The third kappa shape index (κ3) is 16.3. The summed E-state index contributed by atoms with van der Waals surface area (Å²) in [7, 11) is 0.207. The Labute approximate surface area is 137 Å². The van der Waals surface area contributed by atoms with E-state index in [1.807, 2.05) is 18.2 Å². The molecule has 0 N–H and O–H groups in total.